The minimum atomic E-state index is -1.42. The fourth-order valence-corrected chi connectivity index (χ4v) is 2.22. The summed E-state index contributed by atoms with van der Waals surface area (Å²) in [5, 5.41) is 27.1. The van der Waals surface area contributed by atoms with Crippen LogP contribution in [0.25, 0.3) is 0 Å². The lowest BCUT2D eigenvalue weighted by atomic mass is 10.0. The van der Waals surface area contributed by atoms with Gasteiger partial charge in [0, 0.05) is 5.56 Å². The van der Waals surface area contributed by atoms with Crippen LogP contribution in [0.15, 0.2) is 24.3 Å². The summed E-state index contributed by atoms with van der Waals surface area (Å²) in [6.07, 6.45) is -2.37. The highest BCUT2D eigenvalue weighted by Crippen LogP contribution is 2.35. The van der Waals surface area contributed by atoms with Gasteiger partial charge in [-0.2, -0.15) is 0 Å². The number of halogens is 2. The number of hydrogen-bond acceptors (Lipinski definition) is 7. The molecule has 0 fully saturated rings. The van der Waals surface area contributed by atoms with Gasteiger partial charge in [-0.1, -0.05) is 36.7 Å². The van der Waals surface area contributed by atoms with E-state index in [4.69, 9.17) is 42.9 Å². The summed E-state index contributed by atoms with van der Waals surface area (Å²) in [5.41, 5.74) is 0.559. The van der Waals surface area contributed by atoms with Crippen molar-refractivity contribution < 1.29 is 34.4 Å². The lowest BCUT2D eigenvalue weighted by molar-refractivity contribution is -0.152. The molecule has 144 valence electrons. The highest BCUT2D eigenvalue weighted by atomic mass is 35.5. The van der Waals surface area contributed by atoms with E-state index in [1.807, 2.05) is 0 Å². The van der Waals surface area contributed by atoms with Crippen LogP contribution in [-0.2, 0) is 9.53 Å². The van der Waals surface area contributed by atoms with Crippen molar-refractivity contribution in [3.8, 4) is 5.75 Å². The number of rotatable bonds is 10. The number of aliphatic hydroxyl groups is 3. The number of carbonyl (C=O) groups excluding carboxylic acids is 2. The second-order valence-electron chi connectivity index (χ2n) is 5.31. The predicted molar refractivity (Wildman–Crippen MR) is 95.8 cm³/mol. The Morgan fingerprint density at radius 2 is 1.85 bits per heavy atom. The highest BCUT2D eigenvalue weighted by molar-refractivity contribution is 6.45. The Bertz CT molecular complexity index is 675. The molecule has 1 aromatic carbocycles. The minimum absolute atomic E-state index is 0.0152. The number of Topliss-reactive ketones (excluding diaryl/α,β-unsaturated/α-hetero) is 1. The molecule has 1 rings (SSSR count). The molecule has 0 aliphatic rings. The smallest absolute Gasteiger partial charge is 0.344 e. The molecule has 0 aromatic heterocycles. The van der Waals surface area contributed by atoms with E-state index in [0.29, 0.717) is 12.0 Å². The third kappa shape index (κ3) is 5.96. The average Bonchev–Trinajstić information content (AvgIpc) is 2.65. The van der Waals surface area contributed by atoms with Crippen LogP contribution in [0, 0.1) is 0 Å². The van der Waals surface area contributed by atoms with Crippen LogP contribution in [0.3, 0.4) is 0 Å². The quantitative estimate of drug-likeness (QED) is 0.308. The lowest BCUT2D eigenvalue weighted by Gasteiger charge is -2.16. The molecule has 3 N–H and O–H groups in total. The first-order valence-electron chi connectivity index (χ1n) is 7.68. The molecule has 0 aliphatic heterocycles. The van der Waals surface area contributed by atoms with E-state index in [2.05, 4.69) is 6.58 Å². The Kier molecular flexibility index (Phi) is 9.04. The summed E-state index contributed by atoms with van der Waals surface area (Å²) in [7, 11) is 0. The molecule has 0 saturated carbocycles. The van der Waals surface area contributed by atoms with Crippen molar-refractivity contribution in [3.63, 3.8) is 0 Å². The molecular weight excluding hydrogens is 387 g/mol. The Morgan fingerprint density at radius 1 is 1.19 bits per heavy atom. The third-order valence-corrected chi connectivity index (χ3v) is 4.30. The molecule has 0 unspecified atom stereocenters. The topological polar surface area (TPSA) is 113 Å². The van der Waals surface area contributed by atoms with Crippen LogP contribution in [0.5, 0.6) is 5.75 Å². The van der Waals surface area contributed by atoms with E-state index in [1.54, 1.807) is 6.92 Å². The molecule has 0 aliphatic carbocycles. The zero-order valence-corrected chi connectivity index (χ0v) is 15.6. The van der Waals surface area contributed by atoms with Gasteiger partial charge in [-0.05, 0) is 24.1 Å². The fraction of sp³-hybridized carbons (Fsp3) is 0.412. The molecule has 0 bridgehead atoms. The fourth-order valence-electron chi connectivity index (χ4n) is 1.76. The van der Waals surface area contributed by atoms with Gasteiger partial charge < -0.3 is 24.8 Å². The SMILES string of the molecule is C=C(CC)C(=O)c1ccc(OCC(=O)OC[C@H](O)[C@@H](O)CO)c(Cl)c1Cl. The maximum atomic E-state index is 12.1. The zero-order chi connectivity index (χ0) is 19.9. The number of esters is 1. The number of carbonyl (C=O) groups is 2. The maximum Gasteiger partial charge on any atom is 0.344 e. The first kappa shape index (κ1) is 22.4. The van der Waals surface area contributed by atoms with Crippen LogP contribution >= 0.6 is 23.2 Å². The van der Waals surface area contributed by atoms with Crippen molar-refractivity contribution in [2.45, 2.75) is 25.6 Å². The van der Waals surface area contributed by atoms with Gasteiger partial charge in [-0.25, -0.2) is 4.79 Å². The molecule has 2 atom stereocenters. The van der Waals surface area contributed by atoms with Crippen LogP contribution in [0.4, 0.5) is 0 Å². The number of ether oxygens (including phenoxy) is 2. The Balaban J connectivity index is 2.69. The second kappa shape index (κ2) is 10.5. The van der Waals surface area contributed by atoms with Crippen molar-refractivity contribution in [1.29, 1.82) is 0 Å². The summed E-state index contributed by atoms with van der Waals surface area (Å²) in [6.45, 7) is 3.73. The molecule has 1 aromatic rings. The van der Waals surface area contributed by atoms with E-state index in [-0.39, 0.29) is 27.1 Å². The van der Waals surface area contributed by atoms with Crippen molar-refractivity contribution >= 4 is 35.0 Å². The van der Waals surface area contributed by atoms with Gasteiger partial charge in [0.05, 0.1) is 11.6 Å². The number of benzene rings is 1. The van der Waals surface area contributed by atoms with Crippen molar-refractivity contribution in [2.75, 3.05) is 19.8 Å². The van der Waals surface area contributed by atoms with E-state index in [1.165, 1.54) is 12.1 Å². The van der Waals surface area contributed by atoms with Crippen molar-refractivity contribution in [3.05, 3.63) is 39.9 Å². The number of aliphatic hydroxyl groups excluding tert-OH is 3. The third-order valence-electron chi connectivity index (χ3n) is 3.43. The normalized spacial score (nSPS) is 13.0. The van der Waals surface area contributed by atoms with Gasteiger partial charge in [0.25, 0.3) is 0 Å². The van der Waals surface area contributed by atoms with Crippen LogP contribution in [0.1, 0.15) is 23.7 Å². The van der Waals surface area contributed by atoms with Crippen molar-refractivity contribution in [1.82, 2.24) is 0 Å². The van der Waals surface area contributed by atoms with Gasteiger partial charge in [-0.3, -0.25) is 4.79 Å². The first-order chi connectivity index (χ1) is 12.2. The second-order valence-corrected chi connectivity index (χ2v) is 6.07. The monoisotopic (exact) mass is 406 g/mol. The van der Waals surface area contributed by atoms with Crippen molar-refractivity contribution in [2.24, 2.45) is 0 Å². The van der Waals surface area contributed by atoms with Gasteiger partial charge in [0.1, 0.15) is 29.6 Å². The van der Waals surface area contributed by atoms with Crippen LogP contribution in [-0.4, -0.2) is 59.1 Å². The predicted octanol–water partition coefficient (Wildman–Crippen LogP) is 1.78. The number of ketones is 1. The zero-order valence-electron chi connectivity index (χ0n) is 14.1. The Hall–Kier alpha value is -1.64. The molecular formula is C17H20Cl2O7. The molecule has 0 heterocycles. The standard InChI is InChI=1S/C17H20Cl2O7/c1-3-9(2)17(24)10-4-5-13(16(19)15(10)18)25-8-14(23)26-7-12(22)11(21)6-20/h4-5,11-12,20-22H,2-3,6-8H2,1H3/t11-,12-/m0/s1. The largest absolute Gasteiger partial charge is 0.480 e. The summed E-state index contributed by atoms with van der Waals surface area (Å²) in [5.74, 6) is -1.09. The summed E-state index contributed by atoms with van der Waals surface area (Å²) < 4.78 is 9.90. The van der Waals surface area contributed by atoms with Gasteiger partial charge >= 0.3 is 5.97 Å². The van der Waals surface area contributed by atoms with E-state index < -0.39 is 38.0 Å². The number of allylic oxidation sites excluding steroid dienone is 1. The van der Waals surface area contributed by atoms with Crippen LogP contribution < -0.4 is 4.74 Å². The highest BCUT2D eigenvalue weighted by Gasteiger charge is 2.20. The van der Waals surface area contributed by atoms with Crippen LogP contribution in [0.2, 0.25) is 10.0 Å². The molecule has 26 heavy (non-hydrogen) atoms. The minimum Gasteiger partial charge on any atom is -0.480 e. The molecule has 7 nitrogen and oxygen atoms in total. The van der Waals surface area contributed by atoms with E-state index in [0.717, 1.165) is 0 Å². The summed E-state index contributed by atoms with van der Waals surface area (Å²) >= 11 is 12.2. The average molecular weight is 407 g/mol. The summed E-state index contributed by atoms with van der Waals surface area (Å²) in [6, 6.07) is 2.81. The Morgan fingerprint density at radius 3 is 2.42 bits per heavy atom. The number of hydrogen-bond donors (Lipinski definition) is 3. The van der Waals surface area contributed by atoms with E-state index >= 15 is 0 Å². The molecule has 9 heteroatoms. The molecule has 0 radical (unpaired) electrons. The van der Waals surface area contributed by atoms with Gasteiger partial charge in [0.15, 0.2) is 12.4 Å². The Labute approximate surface area is 160 Å². The molecule has 0 saturated heterocycles. The maximum absolute atomic E-state index is 12.1. The molecule has 0 amide bonds. The lowest BCUT2D eigenvalue weighted by Crippen LogP contribution is -2.34. The van der Waals surface area contributed by atoms with Gasteiger partial charge in [-0.15, -0.1) is 0 Å². The van der Waals surface area contributed by atoms with Gasteiger partial charge in [0.2, 0.25) is 0 Å². The summed E-state index contributed by atoms with van der Waals surface area (Å²) in [4.78, 5) is 23.7. The molecule has 0 spiro atoms. The first-order valence-corrected chi connectivity index (χ1v) is 8.44. The van der Waals surface area contributed by atoms with E-state index in [9.17, 15) is 14.7 Å².